The van der Waals surface area contributed by atoms with E-state index in [1.54, 1.807) is 7.11 Å². The van der Waals surface area contributed by atoms with Crippen LogP contribution < -0.4 is 10.6 Å². The Morgan fingerprint density at radius 2 is 2.35 bits per heavy atom. The molecule has 8 heteroatoms. The minimum absolute atomic E-state index is 0.0277. The highest BCUT2D eigenvalue weighted by Gasteiger charge is 2.30. The van der Waals surface area contributed by atoms with E-state index in [9.17, 15) is 14.9 Å². The van der Waals surface area contributed by atoms with E-state index in [1.807, 2.05) is 0 Å². The fourth-order valence-corrected chi connectivity index (χ4v) is 2.24. The third-order valence-electron chi connectivity index (χ3n) is 3.15. The zero-order valence-corrected chi connectivity index (χ0v) is 11.5. The second-order valence-corrected chi connectivity index (χ2v) is 4.90. The molecule has 20 heavy (non-hydrogen) atoms. The van der Waals surface area contributed by atoms with Crippen LogP contribution in [0.1, 0.15) is 6.42 Å². The zero-order chi connectivity index (χ0) is 14.7. The molecule has 2 rings (SSSR count). The number of carbonyl (C=O) groups is 1. The molecule has 1 aliphatic rings. The van der Waals surface area contributed by atoms with Gasteiger partial charge < -0.3 is 15.4 Å². The molecule has 7 nitrogen and oxygen atoms in total. The largest absolute Gasteiger partial charge is 0.380 e. The summed E-state index contributed by atoms with van der Waals surface area (Å²) >= 11 is 5.80. The summed E-state index contributed by atoms with van der Waals surface area (Å²) in [5.41, 5.74) is -0.0980. The average molecular weight is 300 g/mol. The van der Waals surface area contributed by atoms with Crippen LogP contribution in [-0.2, 0) is 9.53 Å². The molecule has 1 aromatic carbocycles. The van der Waals surface area contributed by atoms with Crippen LogP contribution in [0.5, 0.6) is 0 Å². The fourth-order valence-electron chi connectivity index (χ4n) is 2.07. The van der Waals surface area contributed by atoms with E-state index < -0.39 is 11.0 Å². The Morgan fingerprint density at radius 1 is 1.60 bits per heavy atom. The van der Waals surface area contributed by atoms with Crippen LogP contribution in [0.15, 0.2) is 18.2 Å². The van der Waals surface area contributed by atoms with Gasteiger partial charge in [0.1, 0.15) is 5.69 Å². The van der Waals surface area contributed by atoms with Crippen molar-refractivity contribution < 1.29 is 14.5 Å². The number of nitro benzene ring substituents is 1. The number of anilines is 1. The molecule has 1 heterocycles. The van der Waals surface area contributed by atoms with Crippen LogP contribution in [-0.4, -0.2) is 36.6 Å². The number of methoxy groups -OCH3 is 1. The Hall–Kier alpha value is -1.70. The van der Waals surface area contributed by atoms with Crippen molar-refractivity contribution in [3.63, 3.8) is 0 Å². The first-order chi connectivity index (χ1) is 9.51. The Balaban J connectivity index is 2.11. The van der Waals surface area contributed by atoms with Crippen molar-refractivity contribution in [2.24, 2.45) is 0 Å². The molecule has 0 aromatic heterocycles. The topological polar surface area (TPSA) is 93.5 Å². The van der Waals surface area contributed by atoms with Crippen molar-refractivity contribution in [3.05, 3.63) is 33.3 Å². The van der Waals surface area contributed by atoms with Gasteiger partial charge >= 0.3 is 0 Å². The maximum absolute atomic E-state index is 12.1. The molecule has 2 N–H and O–H groups in total. The highest BCUT2D eigenvalue weighted by atomic mass is 35.5. The molecule has 0 radical (unpaired) electrons. The number of nitro groups is 1. The number of carbonyl (C=O) groups excluding carboxylic acids is 1. The van der Waals surface area contributed by atoms with E-state index in [0.717, 1.165) is 0 Å². The number of nitrogens with one attached hydrogen (secondary N) is 2. The minimum Gasteiger partial charge on any atom is -0.380 e. The maximum Gasteiger partial charge on any atom is 0.292 e. The predicted octanol–water partition coefficient (Wildman–Crippen LogP) is 1.56. The van der Waals surface area contributed by atoms with E-state index in [2.05, 4.69) is 10.6 Å². The van der Waals surface area contributed by atoms with Crippen LogP contribution in [0.2, 0.25) is 5.02 Å². The number of rotatable bonds is 4. The Kier molecular flexibility index (Phi) is 4.53. The van der Waals surface area contributed by atoms with Gasteiger partial charge in [0.15, 0.2) is 0 Å². The van der Waals surface area contributed by atoms with Crippen LogP contribution >= 0.6 is 11.6 Å². The molecule has 108 valence electrons. The summed E-state index contributed by atoms with van der Waals surface area (Å²) in [4.78, 5) is 22.4. The molecule has 1 fully saturated rings. The summed E-state index contributed by atoms with van der Waals surface area (Å²) in [5.74, 6) is -0.338. The normalized spacial score (nSPS) is 21.7. The standard InChI is InChI=1S/C12H14ClN3O4/c1-20-8-5-10(14-6-8)12(17)15-9-4-7(13)2-3-11(9)16(18)19/h2-4,8,10,14H,5-6H2,1H3,(H,15,17). The number of hydrogen-bond acceptors (Lipinski definition) is 5. The lowest BCUT2D eigenvalue weighted by molar-refractivity contribution is -0.383. The number of hydrogen-bond donors (Lipinski definition) is 2. The number of nitrogens with zero attached hydrogens (tertiary/aromatic N) is 1. The molecule has 1 aliphatic heterocycles. The number of amides is 1. The molecule has 1 aromatic rings. The molecule has 2 unspecified atom stereocenters. The number of halogens is 1. The summed E-state index contributed by atoms with van der Waals surface area (Å²) in [6.45, 7) is 0.576. The lowest BCUT2D eigenvalue weighted by Gasteiger charge is -2.11. The van der Waals surface area contributed by atoms with Crippen molar-refractivity contribution in [2.45, 2.75) is 18.6 Å². The van der Waals surface area contributed by atoms with Crippen LogP contribution in [0, 0.1) is 10.1 Å². The molecule has 2 atom stereocenters. The Bertz CT molecular complexity index is 537. The molecular formula is C12H14ClN3O4. The highest BCUT2D eigenvalue weighted by molar-refractivity contribution is 6.31. The predicted molar refractivity (Wildman–Crippen MR) is 73.9 cm³/mol. The van der Waals surface area contributed by atoms with E-state index in [4.69, 9.17) is 16.3 Å². The summed E-state index contributed by atoms with van der Waals surface area (Å²) in [6.07, 6.45) is 0.497. The first-order valence-electron chi connectivity index (χ1n) is 6.02. The van der Waals surface area contributed by atoms with Gasteiger partial charge in [-0.1, -0.05) is 11.6 Å². The Morgan fingerprint density at radius 3 is 2.95 bits per heavy atom. The van der Waals surface area contributed by atoms with Gasteiger partial charge in [0.25, 0.3) is 5.69 Å². The van der Waals surface area contributed by atoms with Gasteiger partial charge in [0, 0.05) is 24.7 Å². The smallest absolute Gasteiger partial charge is 0.292 e. The van der Waals surface area contributed by atoms with Crippen molar-refractivity contribution in [1.29, 1.82) is 0 Å². The summed E-state index contributed by atoms with van der Waals surface area (Å²) in [6, 6.07) is 3.60. The van der Waals surface area contributed by atoms with Crippen LogP contribution in [0.3, 0.4) is 0 Å². The zero-order valence-electron chi connectivity index (χ0n) is 10.8. The second kappa shape index (κ2) is 6.17. The third-order valence-corrected chi connectivity index (χ3v) is 3.39. The first-order valence-corrected chi connectivity index (χ1v) is 6.40. The van der Waals surface area contributed by atoms with E-state index in [-0.39, 0.29) is 23.4 Å². The average Bonchev–Trinajstić information content (AvgIpc) is 2.87. The molecule has 0 bridgehead atoms. The second-order valence-electron chi connectivity index (χ2n) is 4.46. The Labute approximate surface area is 120 Å². The van der Waals surface area contributed by atoms with Crippen molar-refractivity contribution >= 4 is 28.9 Å². The van der Waals surface area contributed by atoms with Gasteiger partial charge in [0.05, 0.1) is 17.1 Å². The fraction of sp³-hybridized carbons (Fsp3) is 0.417. The summed E-state index contributed by atoms with van der Waals surface area (Å²) in [5, 5.41) is 16.8. The third kappa shape index (κ3) is 3.24. The summed E-state index contributed by atoms with van der Waals surface area (Å²) < 4.78 is 5.15. The van der Waals surface area contributed by atoms with Crippen LogP contribution in [0.4, 0.5) is 11.4 Å². The van der Waals surface area contributed by atoms with E-state index >= 15 is 0 Å². The molecule has 0 saturated carbocycles. The highest BCUT2D eigenvalue weighted by Crippen LogP contribution is 2.28. The molecular weight excluding hydrogens is 286 g/mol. The monoisotopic (exact) mass is 299 g/mol. The van der Waals surface area contributed by atoms with Gasteiger partial charge in [0.2, 0.25) is 5.91 Å². The number of ether oxygens (including phenoxy) is 1. The van der Waals surface area contributed by atoms with Crippen LogP contribution in [0.25, 0.3) is 0 Å². The van der Waals surface area contributed by atoms with Gasteiger partial charge in [-0.25, -0.2) is 0 Å². The van der Waals surface area contributed by atoms with Gasteiger partial charge in [-0.05, 0) is 18.6 Å². The van der Waals surface area contributed by atoms with E-state index in [1.165, 1.54) is 18.2 Å². The summed E-state index contributed by atoms with van der Waals surface area (Å²) in [7, 11) is 1.58. The van der Waals surface area contributed by atoms with Crippen molar-refractivity contribution in [1.82, 2.24) is 5.32 Å². The van der Waals surface area contributed by atoms with Gasteiger partial charge in [-0.3, -0.25) is 14.9 Å². The lowest BCUT2D eigenvalue weighted by Crippen LogP contribution is -2.35. The minimum atomic E-state index is -0.564. The van der Waals surface area contributed by atoms with E-state index in [0.29, 0.717) is 18.0 Å². The molecule has 1 saturated heterocycles. The number of benzene rings is 1. The SMILES string of the molecule is COC1CNC(C(=O)Nc2cc(Cl)ccc2[N+](=O)[O-])C1. The van der Waals surface area contributed by atoms with Gasteiger partial charge in [-0.2, -0.15) is 0 Å². The van der Waals surface area contributed by atoms with Crippen molar-refractivity contribution in [3.8, 4) is 0 Å². The quantitative estimate of drug-likeness (QED) is 0.650. The van der Waals surface area contributed by atoms with Gasteiger partial charge in [-0.15, -0.1) is 0 Å². The van der Waals surface area contributed by atoms with Crippen molar-refractivity contribution in [2.75, 3.05) is 19.0 Å². The lowest BCUT2D eigenvalue weighted by atomic mass is 10.2. The molecule has 0 aliphatic carbocycles. The molecule has 0 spiro atoms. The first kappa shape index (κ1) is 14.7. The molecule has 1 amide bonds. The maximum atomic E-state index is 12.1.